The summed E-state index contributed by atoms with van der Waals surface area (Å²) in [6.07, 6.45) is 6.89. The molecule has 284 valence electrons. The quantitative estimate of drug-likeness (QED) is 0.154. The topological polar surface area (TPSA) is 0 Å². The first kappa shape index (κ1) is 40.5. The number of fused-ring (bicyclic) bond motifs is 6. The average molecular weight is 964 g/mol. The zero-order chi connectivity index (χ0) is 39.6. The molecule has 1 aliphatic heterocycles. The van der Waals surface area contributed by atoms with Crippen LogP contribution in [0.4, 0.5) is 0 Å². The second-order valence-electron chi connectivity index (χ2n) is 22.2. The number of rotatable bonds is 8. The van der Waals surface area contributed by atoms with Crippen LogP contribution in [0.25, 0.3) is 34.4 Å². The number of benzene rings is 4. The van der Waals surface area contributed by atoms with Crippen LogP contribution >= 0.6 is 0 Å². The van der Waals surface area contributed by atoms with Crippen molar-refractivity contribution in [3.05, 3.63) is 105 Å². The van der Waals surface area contributed by atoms with Crippen molar-refractivity contribution in [2.24, 2.45) is 0 Å². The third-order valence-electron chi connectivity index (χ3n) is 13.6. The van der Waals surface area contributed by atoms with Gasteiger partial charge in [0.15, 0.2) is 0 Å². The monoisotopic (exact) mass is 964 g/mol. The van der Waals surface area contributed by atoms with Gasteiger partial charge in [-0.25, -0.2) is 0 Å². The summed E-state index contributed by atoms with van der Waals surface area (Å²) in [6, 6.07) is 31.9. The molecule has 6 heteroatoms. The second kappa shape index (κ2) is 13.4. The second-order valence-corrected chi connectivity index (χ2v) is 64.0. The molecule has 0 radical (unpaired) electrons. The van der Waals surface area contributed by atoms with Gasteiger partial charge in [-0.15, -0.1) is 0 Å². The Labute approximate surface area is 339 Å². The Morgan fingerprint density at radius 2 is 0.852 bits per heavy atom. The molecular formula is C48H68HfSi5. The van der Waals surface area contributed by atoms with Crippen molar-refractivity contribution in [3.8, 4) is 22.3 Å². The summed E-state index contributed by atoms with van der Waals surface area (Å²) in [4.78, 5) is 0. The number of hydrogen-bond donors (Lipinski definition) is 0. The van der Waals surface area contributed by atoms with Crippen molar-refractivity contribution in [1.82, 2.24) is 0 Å². The Morgan fingerprint density at radius 3 is 1.15 bits per heavy atom. The molecule has 1 saturated heterocycles. The normalized spacial score (nSPS) is 21.9. The van der Waals surface area contributed by atoms with Crippen molar-refractivity contribution < 1.29 is 20.0 Å². The van der Waals surface area contributed by atoms with Crippen molar-refractivity contribution in [3.63, 3.8) is 0 Å². The SMILES string of the molecule is CCC[Si]1(C)C2=Cc3c(-c4cc([Si](C)(C)C)cc([Si](C)(C)C)c4)cccc3[CH]2[Hf]([CH3])([CH3])[CH]2C1=Cc1c(-c3cc([Si](C)(C)C)cc([Si](C)(C)C)c3)cccc12. The number of hydrogen-bond acceptors (Lipinski definition) is 0. The molecule has 3 aliphatic rings. The molecule has 4 aromatic carbocycles. The predicted octanol–water partition coefficient (Wildman–Crippen LogP) is 12.6. The van der Waals surface area contributed by atoms with Gasteiger partial charge in [0, 0.05) is 0 Å². The van der Waals surface area contributed by atoms with Crippen LogP contribution in [-0.2, 0) is 20.0 Å². The fraction of sp³-hybridized carbons (Fsp3) is 0.417. The third kappa shape index (κ3) is 6.78. The van der Waals surface area contributed by atoms with E-state index in [-0.39, 0.29) is 0 Å². The predicted molar refractivity (Wildman–Crippen MR) is 256 cm³/mol. The Morgan fingerprint density at radius 1 is 0.519 bits per heavy atom. The van der Waals surface area contributed by atoms with E-state index in [9.17, 15) is 0 Å². The summed E-state index contributed by atoms with van der Waals surface area (Å²) in [5.41, 5.74) is 12.5. The van der Waals surface area contributed by atoms with E-state index >= 15 is 0 Å². The fourth-order valence-corrected chi connectivity index (χ4v) is 47.8. The van der Waals surface area contributed by atoms with Crippen LogP contribution in [-0.4, -0.2) is 40.4 Å². The van der Waals surface area contributed by atoms with Crippen LogP contribution in [0.3, 0.4) is 0 Å². The van der Waals surface area contributed by atoms with Gasteiger partial charge in [0.05, 0.1) is 0 Å². The van der Waals surface area contributed by atoms with Gasteiger partial charge in [-0.2, -0.15) is 0 Å². The maximum atomic E-state index is 2.84. The first-order chi connectivity index (χ1) is 24.9. The van der Waals surface area contributed by atoms with Gasteiger partial charge in [-0.1, -0.05) is 0 Å². The molecule has 1 fully saturated rings. The molecule has 0 nitrogen and oxygen atoms in total. The van der Waals surface area contributed by atoms with Crippen molar-refractivity contribution in [1.29, 1.82) is 0 Å². The summed E-state index contributed by atoms with van der Waals surface area (Å²) < 4.78 is 7.02. The van der Waals surface area contributed by atoms with Crippen LogP contribution in [0.2, 0.25) is 101 Å². The van der Waals surface area contributed by atoms with Crippen LogP contribution in [0.1, 0.15) is 42.9 Å². The van der Waals surface area contributed by atoms with Gasteiger partial charge in [0.2, 0.25) is 0 Å². The molecule has 0 N–H and O–H groups in total. The van der Waals surface area contributed by atoms with Gasteiger partial charge in [0.1, 0.15) is 0 Å². The molecular weight excluding hydrogens is 895 g/mol. The Kier molecular flexibility index (Phi) is 10.1. The van der Waals surface area contributed by atoms with E-state index in [0.29, 0.717) is 7.35 Å². The van der Waals surface area contributed by atoms with Crippen LogP contribution in [0, 0.1) is 0 Å². The van der Waals surface area contributed by atoms with Gasteiger partial charge in [0.25, 0.3) is 0 Å². The van der Waals surface area contributed by atoms with Gasteiger partial charge in [-0.05, 0) is 0 Å². The summed E-state index contributed by atoms with van der Waals surface area (Å²) >= 11 is -3.16. The van der Waals surface area contributed by atoms with E-state index in [1.165, 1.54) is 34.7 Å². The molecule has 54 heavy (non-hydrogen) atoms. The zero-order valence-electron chi connectivity index (χ0n) is 36.7. The Hall–Kier alpha value is -1.69. The van der Waals surface area contributed by atoms with Crippen LogP contribution < -0.4 is 20.7 Å². The molecule has 1 heterocycles. The van der Waals surface area contributed by atoms with Crippen LogP contribution in [0.5, 0.6) is 0 Å². The minimum atomic E-state index is -3.16. The molecule has 0 bridgehead atoms. The van der Waals surface area contributed by atoms with Gasteiger partial charge < -0.3 is 0 Å². The van der Waals surface area contributed by atoms with Crippen LogP contribution in [0.15, 0.2) is 83.2 Å². The van der Waals surface area contributed by atoms with Gasteiger partial charge >= 0.3 is 342 Å². The maximum absolute atomic E-state index is 3.16. The summed E-state index contributed by atoms with van der Waals surface area (Å²) in [7, 11) is -8.00. The molecule has 0 saturated carbocycles. The Bertz CT molecular complexity index is 2010. The van der Waals surface area contributed by atoms with Gasteiger partial charge in [-0.3, -0.25) is 0 Å². The molecule has 4 aromatic rings. The van der Waals surface area contributed by atoms with E-state index in [1.807, 2.05) is 10.4 Å². The number of allylic oxidation sites excluding steroid dienone is 2. The fourth-order valence-electron chi connectivity index (χ4n) is 10.3. The van der Waals surface area contributed by atoms with E-state index in [4.69, 9.17) is 0 Å². The summed E-state index contributed by atoms with van der Waals surface area (Å²) in [5, 5.41) is 10.2. The average Bonchev–Trinajstić information content (AvgIpc) is 3.68. The summed E-state index contributed by atoms with van der Waals surface area (Å²) in [5.74, 6) is 0. The molecule has 0 amide bonds. The molecule has 7 rings (SSSR count). The van der Waals surface area contributed by atoms with Crippen molar-refractivity contribution in [2.45, 2.75) is 121 Å². The zero-order valence-corrected chi connectivity index (χ0v) is 45.2. The van der Waals surface area contributed by atoms with E-state index < -0.39 is 60.3 Å². The molecule has 2 aliphatic carbocycles. The molecule has 2 atom stereocenters. The minimum absolute atomic E-state index is 0.665. The molecule has 0 aromatic heterocycles. The van der Waals surface area contributed by atoms with E-state index in [2.05, 4.69) is 186 Å². The molecule has 2 unspecified atom stereocenters. The third-order valence-corrected chi connectivity index (χ3v) is 43.8. The molecule has 0 spiro atoms. The van der Waals surface area contributed by atoms with E-state index in [1.54, 1.807) is 43.0 Å². The van der Waals surface area contributed by atoms with E-state index in [0.717, 1.165) is 0 Å². The standard InChI is InChI=1S/C46H62Si5.2CH3.Hf/c1-15-22-51(14,41-23-33-18-16-20-43(45(33)31-41)35-25-37(47(2,3)4)29-38(26-35)48(5,6)7)42-24-34-19-17-21-44(46(34)32-42)36-27-39(49(8,9)10)30-40(28-36)50(11,12)13;;;/h16-21,23-32H,15,22H2,1-14H3;2*1H3;. The van der Waals surface area contributed by atoms with Crippen molar-refractivity contribution >= 4 is 73.3 Å². The van der Waals surface area contributed by atoms with Crippen molar-refractivity contribution in [2.75, 3.05) is 0 Å². The first-order valence-corrected chi connectivity index (χ1v) is 48.9. The Balaban J connectivity index is 1.44. The summed E-state index contributed by atoms with van der Waals surface area (Å²) in [6.45, 7) is 35.5. The first-order valence-electron chi connectivity index (χ1n) is 20.9.